The smallest absolute Gasteiger partial charge is 0.341 e. The van der Waals surface area contributed by atoms with Crippen molar-refractivity contribution in [2.24, 2.45) is 0 Å². The van der Waals surface area contributed by atoms with Crippen molar-refractivity contribution in [1.82, 2.24) is 4.98 Å². The Morgan fingerprint density at radius 3 is 2.52 bits per heavy atom. The maximum Gasteiger partial charge on any atom is 0.341 e. The predicted molar refractivity (Wildman–Crippen MR) is 102 cm³/mol. The van der Waals surface area contributed by atoms with E-state index >= 15 is 0 Å². The molecule has 1 heterocycles. The van der Waals surface area contributed by atoms with Gasteiger partial charge < -0.3 is 9.47 Å². The highest BCUT2D eigenvalue weighted by Gasteiger charge is 2.27. The minimum atomic E-state index is -0.763. The van der Waals surface area contributed by atoms with E-state index in [2.05, 4.69) is 4.98 Å². The number of carbonyl (C=O) groups excluding carboxylic acids is 1. The first-order chi connectivity index (χ1) is 12.6. The zero-order valence-corrected chi connectivity index (χ0v) is 16.8. The Hall–Kier alpha value is -1.85. The summed E-state index contributed by atoms with van der Waals surface area (Å²) in [5.74, 6) is -0.568. The van der Waals surface area contributed by atoms with Crippen molar-refractivity contribution in [1.29, 1.82) is 0 Å². The Kier molecular flexibility index (Phi) is 5.63. The standard InChI is InChI=1S/C20H20Cl2FNO3/c1-20(2,3)27-19(25)14-8-15(21)12(6-17(14)23)10-26-13-7-16(22)18(24-9-13)11-4-5-11/h6-9,11H,4-5,10H2,1-3H3. The van der Waals surface area contributed by atoms with E-state index in [-0.39, 0.29) is 17.2 Å². The molecule has 0 N–H and O–H groups in total. The van der Waals surface area contributed by atoms with Crippen LogP contribution in [0, 0.1) is 5.82 Å². The molecule has 0 unspecified atom stereocenters. The van der Waals surface area contributed by atoms with Gasteiger partial charge in [0.1, 0.15) is 23.8 Å². The minimum absolute atomic E-state index is 0.0190. The van der Waals surface area contributed by atoms with Crippen LogP contribution in [0.3, 0.4) is 0 Å². The van der Waals surface area contributed by atoms with Crippen molar-refractivity contribution in [3.05, 3.63) is 57.1 Å². The zero-order chi connectivity index (χ0) is 19.8. The summed E-state index contributed by atoms with van der Waals surface area (Å²) in [6.45, 7) is 5.14. The summed E-state index contributed by atoms with van der Waals surface area (Å²) in [6, 6.07) is 4.13. The number of ether oxygens (including phenoxy) is 2. The van der Waals surface area contributed by atoms with Crippen LogP contribution < -0.4 is 4.74 Å². The fourth-order valence-corrected chi connectivity index (χ4v) is 3.05. The molecule has 0 aliphatic heterocycles. The van der Waals surface area contributed by atoms with Crippen molar-refractivity contribution in [2.45, 2.75) is 51.7 Å². The number of aromatic nitrogens is 1. The molecule has 0 spiro atoms. The molecule has 144 valence electrons. The van der Waals surface area contributed by atoms with Gasteiger partial charge in [-0.2, -0.15) is 0 Å². The first kappa shape index (κ1) is 19.9. The molecule has 27 heavy (non-hydrogen) atoms. The Morgan fingerprint density at radius 2 is 1.93 bits per heavy atom. The Bertz CT molecular complexity index is 876. The second kappa shape index (κ2) is 7.64. The van der Waals surface area contributed by atoms with Crippen molar-refractivity contribution in [3.63, 3.8) is 0 Å². The number of pyridine rings is 1. The van der Waals surface area contributed by atoms with Gasteiger partial charge in [-0.15, -0.1) is 0 Å². The lowest BCUT2D eigenvalue weighted by Crippen LogP contribution is -2.24. The minimum Gasteiger partial charge on any atom is -0.487 e. The van der Waals surface area contributed by atoms with Crippen LogP contribution in [0.25, 0.3) is 0 Å². The number of hydrogen-bond acceptors (Lipinski definition) is 4. The first-order valence-corrected chi connectivity index (χ1v) is 9.39. The summed E-state index contributed by atoms with van der Waals surface area (Å²) in [4.78, 5) is 16.4. The molecule has 2 aromatic rings. The van der Waals surface area contributed by atoms with Crippen LogP contribution in [0.5, 0.6) is 5.75 Å². The van der Waals surface area contributed by atoms with Gasteiger partial charge in [0.2, 0.25) is 0 Å². The van der Waals surface area contributed by atoms with Gasteiger partial charge in [-0.3, -0.25) is 4.98 Å². The van der Waals surface area contributed by atoms with Crippen molar-refractivity contribution in [2.75, 3.05) is 0 Å². The van der Waals surface area contributed by atoms with Gasteiger partial charge in [0.05, 0.1) is 22.5 Å². The molecule has 1 fully saturated rings. The summed E-state index contributed by atoms with van der Waals surface area (Å²) < 4.78 is 25.2. The molecular formula is C20H20Cl2FNO3. The second-order valence-corrected chi connectivity index (χ2v) is 8.34. The van der Waals surface area contributed by atoms with Crippen LogP contribution in [-0.2, 0) is 11.3 Å². The van der Waals surface area contributed by atoms with Crippen LogP contribution in [0.2, 0.25) is 10.0 Å². The molecule has 0 bridgehead atoms. The summed E-state index contributed by atoms with van der Waals surface area (Å²) in [5.41, 5.74) is 0.354. The molecule has 0 amide bonds. The Balaban J connectivity index is 1.71. The Labute approximate surface area is 167 Å². The molecule has 1 aliphatic rings. The van der Waals surface area contributed by atoms with Crippen LogP contribution in [0.4, 0.5) is 4.39 Å². The Morgan fingerprint density at radius 1 is 1.22 bits per heavy atom. The topological polar surface area (TPSA) is 48.4 Å². The number of rotatable bonds is 5. The lowest BCUT2D eigenvalue weighted by molar-refractivity contribution is 0.00646. The summed E-state index contributed by atoms with van der Waals surface area (Å²) in [6.07, 6.45) is 3.80. The number of nitrogens with zero attached hydrogens (tertiary/aromatic N) is 1. The van der Waals surface area contributed by atoms with Crippen molar-refractivity contribution >= 4 is 29.2 Å². The van der Waals surface area contributed by atoms with E-state index in [9.17, 15) is 9.18 Å². The van der Waals surface area contributed by atoms with Crippen LogP contribution in [0.15, 0.2) is 24.4 Å². The summed E-state index contributed by atoms with van der Waals surface area (Å²) in [7, 11) is 0. The van der Waals surface area contributed by atoms with Crippen LogP contribution in [-0.4, -0.2) is 16.6 Å². The first-order valence-electron chi connectivity index (χ1n) is 8.63. The average molecular weight is 412 g/mol. The van der Waals surface area contributed by atoms with E-state index in [0.29, 0.717) is 22.3 Å². The number of esters is 1. The molecule has 3 rings (SSSR count). The number of benzene rings is 1. The van der Waals surface area contributed by atoms with Crippen molar-refractivity contribution < 1.29 is 18.7 Å². The maximum absolute atomic E-state index is 14.3. The average Bonchev–Trinajstić information content (AvgIpc) is 3.38. The number of halogens is 3. The molecule has 0 radical (unpaired) electrons. The zero-order valence-electron chi connectivity index (χ0n) is 15.3. The third kappa shape index (κ3) is 5.11. The van der Waals surface area contributed by atoms with E-state index < -0.39 is 17.4 Å². The quantitative estimate of drug-likeness (QED) is 0.571. The highest BCUT2D eigenvalue weighted by Crippen LogP contribution is 2.42. The fourth-order valence-electron chi connectivity index (χ4n) is 2.52. The maximum atomic E-state index is 14.3. The van der Waals surface area contributed by atoms with Gasteiger partial charge in [-0.1, -0.05) is 23.2 Å². The predicted octanol–water partition coefficient (Wildman–Crippen LogP) is 5.94. The van der Waals surface area contributed by atoms with Gasteiger partial charge in [0, 0.05) is 22.6 Å². The summed E-state index contributed by atoms with van der Waals surface area (Å²) in [5, 5.41) is 0.776. The highest BCUT2D eigenvalue weighted by atomic mass is 35.5. The second-order valence-electron chi connectivity index (χ2n) is 7.53. The largest absolute Gasteiger partial charge is 0.487 e. The lowest BCUT2D eigenvalue weighted by Gasteiger charge is -2.20. The van der Waals surface area contributed by atoms with E-state index in [1.165, 1.54) is 12.1 Å². The van der Waals surface area contributed by atoms with E-state index in [1.807, 2.05) is 0 Å². The number of hydrogen-bond donors (Lipinski definition) is 0. The third-order valence-corrected chi connectivity index (χ3v) is 4.61. The van der Waals surface area contributed by atoms with Gasteiger partial charge >= 0.3 is 5.97 Å². The van der Waals surface area contributed by atoms with Gasteiger partial charge in [-0.05, 0) is 45.7 Å². The lowest BCUT2D eigenvalue weighted by atomic mass is 10.1. The van der Waals surface area contributed by atoms with E-state index in [4.69, 9.17) is 32.7 Å². The van der Waals surface area contributed by atoms with Crippen LogP contribution in [0.1, 0.15) is 61.1 Å². The SMILES string of the molecule is CC(C)(C)OC(=O)c1cc(Cl)c(COc2cnc(C3CC3)c(Cl)c2)cc1F. The molecule has 0 saturated heterocycles. The van der Waals surface area contributed by atoms with E-state index in [1.54, 1.807) is 33.0 Å². The molecule has 7 heteroatoms. The molecule has 1 saturated carbocycles. The summed E-state index contributed by atoms with van der Waals surface area (Å²) >= 11 is 12.4. The molecule has 0 atom stereocenters. The molecular weight excluding hydrogens is 392 g/mol. The highest BCUT2D eigenvalue weighted by molar-refractivity contribution is 6.32. The monoisotopic (exact) mass is 411 g/mol. The fraction of sp³-hybridized carbons (Fsp3) is 0.400. The molecule has 1 aromatic heterocycles. The van der Waals surface area contributed by atoms with E-state index in [0.717, 1.165) is 18.5 Å². The van der Waals surface area contributed by atoms with Gasteiger partial charge in [-0.25, -0.2) is 9.18 Å². The third-order valence-electron chi connectivity index (χ3n) is 3.96. The van der Waals surface area contributed by atoms with Crippen molar-refractivity contribution in [3.8, 4) is 5.75 Å². The van der Waals surface area contributed by atoms with Crippen LogP contribution >= 0.6 is 23.2 Å². The molecule has 1 aliphatic carbocycles. The molecule has 1 aromatic carbocycles. The number of carbonyl (C=O) groups is 1. The van der Waals surface area contributed by atoms with Gasteiger partial charge in [0.15, 0.2) is 0 Å². The molecule has 4 nitrogen and oxygen atoms in total. The normalized spacial score (nSPS) is 14.1. The van der Waals surface area contributed by atoms with Gasteiger partial charge in [0.25, 0.3) is 0 Å².